The Morgan fingerprint density at radius 3 is 2.65 bits per heavy atom. The molecule has 2 N–H and O–H groups in total. The van der Waals surface area contributed by atoms with E-state index in [-0.39, 0.29) is 18.4 Å². The Bertz CT molecular complexity index is 788. The van der Waals surface area contributed by atoms with Gasteiger partial charge in [0.2, 0.25) is 5.91 Å². The van der Waals surface area contributed by atoms with E-state index in [0.717, 1.165) is 31.6 Å². The van der Waals surface area contributed by atoms with Gasteiger partial charge in [0.05, 0.1) is 6.54 Å². The van der Waals surface area contributed by atoms with E-state index in [4.69, 9.17) is 0 Å². The van der Waals surface area contributed by atoms with Gasteiger partial charge < -0.3 is 10.6 Å². The molecule has 1 heterocycles. The first-order chi connectivity index (χ1) is 12.6. The molecule has 5 heteroatoms. The topological polar surface area (TPSA) is 61.4 Å². The van der Waals surface area contributed by atoms with Crippen molar-refractivity contribution >= 4 is 11.8 Å². The van der Waals surface area contributed by atoms with E-state index in [0.29, 0.717) is 12.1 Å². The van der Waals surface area contributed by atoms with Crippen LogP contribution in [0.25, 0.3) is 0 Å². The molecule has 1 aliphatic heterocycles. The summed E-state index contributed by atoms with van der Waals surface area (Å²) < 4.78 is 0. The molecule has 136 valence electrons. The zero-order valence-electron chi connectivity index (χ0n) is 15.1. The molecule has 2 aromatic rings. The lowest BCUT2D eigenvalue weighted by Gasteiger charge is -2.28. The third-order valence-corrected chi connectivity index (χ3v) is 4.65. The fraction of sp³-hybridized carbons (Fsp3) is 0.333. The molecule has 5 nitrogen and oxygen atoms in total. The van der Waals surface area contributed by atoms with E-state index >= 15 is 0 Å². The van der Waals surface area contributed by atoms with Crippen molar-refractivity contribution in [1.29, 1.82) is 0 Å². The Morgan fingerprint density at radius 2 is 1.85 bits per heavy atom. The van der Waals surface area contributed by atoms with Crippen LogP contribution in [0.5, 0.6) is 0 Å². The first kappa shape index (κ1) is 18.1. The van der Waals surface area contributed by atoms with Gasteiger partial charge in [0.15, 0.2) is 0 Å². The Morgan fingerprint density at radius 1 is 1.04 bits per heavy atom. The molecule has 0 aromatic heterocycles. The number of aryl methyl sites for hydroxylation is 1. The lowest BCUT2D eigenvalue weighted by molar-refractivity contribution is -0.120. The molecule has 0 bridgehead atoms. The summed E-state index contributed by atoms with van der Waals surface area (Å²) in [5, 5.41) is 5.54. The van der Waals surface area contributed by atoms with Gasteiger partial charge in [-0.3, -0.25) is 14.5 Å². The molecule has 2 aromatic carbocycles. The highest BCUT2D eigenvalue weighted by Gasteiger charge is 2.15. The summed E-state index contributed by atoms with van der Waals surface area (Å²) in [6.07, 6.45) is 1.05. The molecular formula is C21H25N3O2. The normalized spacial score (nSPS) is 13.7. The van der Waals surface area contributed by atoms with Crippen molar-refractivity contribution in [1.82, 2.24) is 15.5 Å². The zero-order valence-corrected chi connectivity index (χ0v) is 15.1. The average molecular weight is 351 g/mol. The predicted octanol–water partition coefficient (Wildman–Crippen LogP) is 1.90. The maximum absolute atomic E-state index is 12.0. The molecule has 0 saturated heterocycles. The number of hydrogen-bond donors (Lipinski definition) is 2. The van der Waals surface area contributed by atoms with Gasteiger partial charge in [0, 0.05) is 31.7 Å². The Balaban J connectivity index is 1.36. The molecule has 0 saturated carbocycles. The number of nitrogens with one attached hydrogen (secondary N) is 2. The molecule has 3 rings (SSSR count). The van der Waals surface area contributed by atoms with Crippen LogP contribution in [0, 0.1) is 6.92 Å². The molecule has 1 aliphatic rings. The molecule has 0 spiro atoms. The summed E-state index contributed by atoms with van der Waals surface area (Å²) in [5.41, 5.74) is 4.39. The largest absolute Gasteiger partial charge is 0.353 e. The van der Waals surface area contributed by atoms with Gasteiger partial charge in [-0.15, -0.1) is 0 Å². The Labute approximate surface area is 154 Å². The minimum atomic E-state index is -0.225. The lowest BCUT2D eigenvalue weighted by Crippen LogP contribution is -2.41. The van der Waals surface area contributed by atoms with Crippen LogP contribution in [0.15, 0.2) is 48.5 Å². The molecule has 2 amide bonds. The van der Waals surface area contributed by atoms with Crippen molar-refractivity contribution in [2.24, 2.45) is 0 Å². The third-order valence-electron chi connectivity index (χ3n) is 4.65. The standard InChI is InChI=1S/C21H25N3O2/c1-16-5-4-8-18(13-16)21(26)23-14-20(25)22-10-12-24-11-9-17-6-2-3-7-19(17)15-24/h2-8,13H,9-12,14-15H2,1H3,(H,22,25)(H,23,26). The van der Waals surface area contributed by atoms with Gasteiger partial charge in [0.25, 0.3) is 5.91 Å². The summed E-state index contributed by atoms with van der Waals surface area (Å²) >= 11 is 0. The SMILES string of the molecule is Cc1cccc(C(=O)NCC(=O)NCCN2CCc3ccccc3C2)c1. The zero-order chi connectivity index (χ0) is 18.4. The van der Waals surface area contributed by atoms with Crippen LogP contribution in [-0.2, 0) is 17.8 Å². The second-order valence-electron chi connectivity index (χ2n) is 6.70. The third kappa shape index (κ3) is 4.92. The lowest BCUT2D eigenvalue weighted by atomic mass is 10.00. The maximum atomic E-state index is 12.0. The van der Waals surface area contributed by atoms with Crippen molar-refractivity contribution in [3.05, 3.63) is 70.8 Å². The van der Waals surface area contributed by atoms with Crippen molar-refractivity contribution in [2.75, 3.05) is 26.2 Å². The van der Waals surface area contributed by atoms with E-state index in [1.807, 2.05) is 19.1 Å². The number of rotatable bonds is 6. The number of amides is 2. The van der Waals surface area contributed by atoms with Crippen LogP contribution in [0.3, 0.4) is 0 Å². The minimum absolute atomic E-state index is 0.00436. The smallest absolute Gasteiger partial charge is 0.251 e. The van der Waals surface area contributed by atoms with Crippen molar-refractivity contribution in [3.8, 4) is 0 Å². The van der Waals surface area contributed by atoms with Crippen LogP contribution in [-0.4, -0.2) is 42.9 Å². The number of carbonyl (C=O) groups excluding carboxylic acids is 2. The van der Waals surface area contributed by atoms with E-state index in [1.54, 1.807) is 12.1 Å². The molecule has 0 radical (unpaired) electrons. The minimum Gasteiger partial charge on any atom is -0.353 e. The molecule has 0 atom stereocenters. The maximum Gasteiger partial charge on any atom is 0.251 e. The van der Waals surface area contributed by atoms with Crippen molar-refractivity contribution in [2.45, 2.75) is 19.9 Å². The second-order valence-corrected chi connectivity index (χ2v) is 6.70. The second kappa shape index (κ2) is 8.63. The molecule has 0 aliphatic carbocycles. The number of carbonyl (C=O) groups is 2. The van der Waals surface area contributed by atoms with Crippen molar-refractivity contribution < 1.29 is 9.59 Å². The van der Waals surface area contributed by atoms with Gasteiger partial charge in [-0.25, -0.2) is 0 Å². The van der Waals surface area contributed by atoms with E-state index in [9.17, 15) is 9.59 Å². The Kier molecular flexibility index (Phi) is 6.02. The highest BCUT2D eigenvalue weighted by molar-refractivity contribution is 5.96. The van der Waals surface area contributed by atoms with Crippen LogP contribution >= 0.6 is 0 Å². The number of hydrogen-bond acceptors (Lipinski definition) is 3. The highest BCUT2D eigenvalue weighted by Crippen LogP contribution is 2.17. The quantitative estimate of drug-likeness (QED) is 0.836. The fourth-order valence-corrected chi connectivity index (χ4v) is 3.21. The van der Waals surface area contributed by atoms with Crippen LogP contribution < -0.4 is 10.6 Å². The van der Waals surface area contributed by atoms with Gasteiger partial charge in [-0.05, 0) is 36.6 Å². The highest BCUT2D eigenvalue weighted by atomic mass is 16.2. The first-order valence-electron chi connectivity index (χ1n) is 9.02. The van der Waals surface area contributed by atoms with Gasteiger partial charge in [0.1, 0.15) is 0 Å². The summed E-state index contributed by atoms with van der Waals surface area (Å²) in [4.78, 5) is 26.3. The fourth-order valence-electron chi connectivity index (χ4n) is 3.21. The van der Waals surface area contributed by atoms with Gasteiger partial charge in [-0.1, -0.05) is 42.0 Å². The average Bonchev–Trinajstić information content (AvgIpc) is 2.66. The van der Waals surface area contributed by atoms with E-state index < -0.39 is 0 Å². The first-order valence-corrected chi connectivity index (χ1v) is 9.02. The van der Waals surface area contributed by atoms with Gasteiger partial charge >= 0.3 is 0 Å². The summed E-state index contributed by atoms with van der Waals surface area (Å²) in [6.45, 7) is 5.26. The van der Waals surface area contributed by atoms with Crippen LogP contribution in [0.1, 0.15) is 27.0 Å². The monoisotopic (exact) mass is 351 g/mol. The number of benzene rings is 2. The molecule has 0 unspecified atom stereocenters. The molecule has 26 heavy (non-hydrogen) atoms. The van der Waals surface area contributed by atoms with E-state index in [1.165, 1.54) is 11.1 Å². The van der Waals surface area contributed by atoms with Gasteiger partial charge in [-0.2, -0.15) is 0 Å². The summed E-state index contributed by atoms with van der Waals surface area (Å²) in [7, 11) is 0. The van der Waals surface area contributed by atoms with Crippen LogP contribution in [0.2, 0.25) is 0 Å². The molecule has 0 fully saturated rings. The number of fused-ring (bicyclic) bond motifs is 1. The van der Waals surface area contributed by atoms with Crippen LogP contribution in [0.4, 0.5) is 0 Å². The molecular weight excluding hydrogens is 326 g/mol. The summed E-state index contributed by atoms with van der Waals surface area (Å²) in [5.74, 6) is -0.389. The van der Waals surface area contributed by atoms with E-state index in [2.05, 4.69) is 39.8 Å². The predicted molar refractivity (Wildman–Crippen MR) is 102 cm³/mol. The summed E-state index contributed by atoms with van der Waals surface area (Å²) in [6, 6.07) is 15.8. The Hall–Kier alpha value is -2.66. The van der Waals surface area contributed by atoms with Crippen molar-refractivity contribution in [3.63, 3.8) is 0 Å². The number of nitrogens with zero attached hydrogens (tertiary/aromatic N) is 1.